The highest BCUT2D eigenvalue weighted by Gasteiger charge is 2.32. The highest BCUT2D eigenvalue weighted by atomic mass is 79.9. The first-order valence-electron chi connectivity index (χ1n) is 8.54. The van der Waals surface area contributed by atoms with E-state index in [0.29, 0.717) is 5.69 Å². The van der Waals surface area contributed by atoms with Crippen molar-refractivity contribution < 1.29 is 21.6 Å². The van der Waals surface area contributed by atoms with Crippen molar-refractivity contribution in [2.24, 2.45) is 0 Å². The number of carbonyl (C=O) groups excluding carboxylic acids is 1. The summed E-state index contributed by atoms with van der Waals surface area (Å²) in [7, 11) is -4.14. The Morgan fingerprint density at radius 2 is 1.62 bits per heavy atom. The molecule has 1 unspecified atom stereocenters. The summed E-state index contributed by atoms with van der Waals surface area (Å²) in [6.07, 6.45) is 1.49. The Hall–Kier alpha value is -2.01. The van der Waals surface area contributed by atoms with Gasteiger partial charge in [-0.2, -0.15) is 0 Å². The van der Waals surface area contributed by atoms with Gasteiger partial charge in [-0.05, 0) is 54.6 Å². The predicted octanol–water partition coefficient (Wildman–Crippen LogP) is 2.66. The number of rotatable bonds is 5. The zero-order valence-corrected chi connectivity index (χ0v) is 18.9. The minimum atomic E-state index is -3.61. The second-order valence-corrected chi connectivity index (χ2v) is 11.7. The summed E-state index contributed by atoms with van der Waals surface area (Å²) in [5, 5.41) is 1.11. The molecule has 0 spiro atoms. The van der Waals surface area contributed by atoms with Crippen LogP contribution in [0, 0.1) is 0 Å². The Morgan fingerprint density at radius 1 is 1.03 bits per heavy atom. The molecule has 0 fully saturated rings. The van der Waals surface area contributed by atoms with Gasteiger partial charge in [-0.15, -0.1) is 0 Å². The average Bonchev–Trinajstić information content (AvgIpc) is 3.02. The maximum Gasteiger partial charge on any atom is 0.258 e. The van der Waals surface area contributed by atoms with Crippen molar-refractivity contribution >= 4 is 47.4 Å². The Morgan fingerprint density at radius 3 is 2.10 bits per heavy atom. The summed E-state index contributed by atoms with van der Waals surface area (Å²) in [4.78, 5) is 14.7. The van der Waals surface area contributed by atoms with Gasteiger partial charge in [-0.3, -0.25) is 4.79 Å². The number of sulfonamides is 1. The number of hydrogen-bond donors (Lipinski definition) is 0. The van der Waals surface area contributed by atoms with Crippen molar-refractivity contribution in [2.75, 3.05) is 24.7 Å². The van der Waals surface area contributed by atoms with Crippen LogP contribution in [0.15, 0.2) is 69.4 Å². The molecule has 0 N–H and O–H groups in total. The highest BCUT2D eigenvalue weighted by molar-refractivity contribution is 9.10. The molecule has 7 nitrogen and oxygen atoms in total. The Kier molecular flexibility index (Phi) is 6.00. The van der Waals surface area contributed by atoms with Crippen LogP contribution in [0.5, 0.6) is 0 Å². The molecule has 1 aliphatic heterocycles. The summed E-state index contributed by atoms with van der Waals surface area (Å²) in [6.45, 7) is 0. The van der Waals surface area contributed by atoms with Crippen LogP contribution < -0.4 is 4.90 Å². The number of anilines is 1. The van der Waals surface area contributed by atoms with Gasteiger partial charge in [0.15, 0.2) is 9.84 Å². The van der Waals surface area contributed by atoms with Crippen molar-refractivity contribution in [3.63, 3.8) is 0 Å². The molecule has 1 atom stereocenters. The SMILES string of the molecule is CN(C)S(=O)(=O)c1ccc(C(=O)N(c2ccc(Br)cc2)C2C=CS(=O)(=O)C2)cc1. The Labute approximate surface area is 178 Å². The molecule has 29 heavy (non-hydrogen) atoms. The van der Waals surface area contributed by atoms with E-state index in [9.17, 15) is 21.6 Å². The first-order valence-corrected chi connectivity index (χ1v) is 12.5. The van der Waals surface area contributed by atoms with Gasteiger partial charge in [-0.25, -0.2) is 21.1 Å². The van der Waals surface area contributed by atoms with Crippen molar-refractivity contribution in [3.8, 4) is 0 Å². The van der Waals surface area contributed by atoms with E-state index in [1.54, 1.807) is 24.3 Å². The number of halogens is 1. The van der Waals surface area contributed by atoms with Crippen LogP contribution in [0.4, 0.5) is 5.69 Å². The molecule has 0 saturated heterocycles. The third-order valence-electron chi connectivity index (χ3n) is 4.45. The van der Waals surface area contributed by atoms with Gasteiger partial charge < -0.3 is 4.90 Å². The van der Waals surface area contributed by atoms with Crippen LogP contribution in [0.3, 0.4) is 0 Å². The molecular formula is C19H19BrN2O5S2. The third kappa shape index (κ3) is 4.61. The molecule has 3 rings (SSSR count). The fourth-order valence-electron chi connectivity index (χ4n) is 2.90. The number of carbonyl (C=O) groups is 1. The molecule has 0 saturated carbocycles. The van der Waals surface area contributed by atoms with E-state index in [1.807, 2.05) is 0 Å². The van der Waals surface area contributed by atoms with E-state index in [0.717, 1.165) is 14.2 Å². The zero-order valence-electron chi connectivity index (χ0n) is 15.7. The van der Waals surface area contributed by atoms with Crippen LogP contribution in [-0.4, -0.2) is 52.9 Å². The first kappa shape index (κ1) is 21.7. The number of hydrogen-bond acceptors (Lipinski definition) is 5. The maximum atomic E-state index is 13.2. The lowest BCUT2D eigenvalue weighted by Gasteiger charge is -2.28. The molecule has 0 aromatic heterocycles. The first-order chi connectivity index (χ1) is 13.5. The molecule has 1 aliphatic rings. The van der Waals surface area contributed by atoms with Crippen molar-refractivity contribution in [1.29, 1.82) is 0 Å². The quantitative estimate of drug-likeness (QED) is 0.631. The van der Waals surface area contributed by atoms with E-state index < -0.39 is 31.8 Å². The molecule has 10 heteroatoms. The molecule has 2 aromatic rings. The lowest BCUT2D eigenvalue weighted by molar-refractivity contribution is 0.0983. The van der Waals surface area contributed by atoms with Crippen molar-refractivity contribution in [3.05, 3.63) is 70.1 Å². The molecule has 2 aromatic carbocycles. The van der Waals surface area contributed by atoms with E-state index in [-0.39, 0.29) is 16.2 Å². The molecule has 1 amide bonds. The smallest absolute Gasteiger partial charge is 0.258 e. The fraction of sp³-hybridized carbons (Fsp3) is 0.211. The molecular weight excluding hydrogens is 480 g/mol. The predicted molar refractivity (Wildman–Crippen MR) is 115 cm³/mol. The van der Waals surface area contributed by atoms with Crippen molar-refractivity contribution in [2.45, 2.75) is 10.9 Å². The van der Waals surface area contributed by atoms with Gasteiger partial charge in [0.2, 0.25) is 10.0 Å². The number of benzene rings is 2. The molecule has 1 heterocycles. The average molecular weight is 499 g/mol. The monoisotopic (exact) mass is 498 g/mol. The standard InChI is InChI=1S/C19H19BrN2O5S2/c1-21(2)29(26,27)18-9-3-14(4-10-18)19(23)22(16-7-5-15(20)6-8-16)17-11-12-28(24,25)13-17/h3-12,17H,13H2,1-2H3. The highest BCUT2D eigenvalue weighted by Crippen LogP contribution is 2.27. The minimum absolute atomic E-state index is 0.0672. The summed E-state index contributed by atoms with van der Waals surface area (Å²) in [6, 6.07) is 11.9. The number of sulfone groups is 1. The van der Waals surface area contributed by atoms with Gasteiger partial charge >= 0.3 is 0 Å². The Balaban J connectivity index is 1.99. The Bertz CT molecular complexity index is 1160. The molecule has 0 bridgehead atoms. The second kappa shape index (κ2) is 8.02. The lowest BCUT2D eigenvalue weighted by Crippen LogP contribution is -2.41. The normalized spacial score (nSPS) is 18.1. The third-order valence-corrected chi connectivity index (χ3v) is 8.18. The van der Waals surface area contributed by atoms with Gasteiger partial charge in [0, 0.05) is 35.2 Å². The van der Waals surface area contributed by atoms with E-state index in [4.69, 9.17) is 0 Å². The summed E-state index contributed by atoms with van der Waals surface area (Å²) < 4.78 is 50.2. The topological polar surface area (TPSA) is 91.8 Å². The fourth-order valence-corrected chi connectivity index (χ4v) is 5.33. The molecule has 0 aliphatic carbocycles. The number of amides is 1. The largest absolute Gasteiger partial charge is 0.300 e. The lowest BCUT2D eigenvalue weighted by atomic mass is 10.1. The second-order valence-electron chi connectivity index (χ2n) is 6.69. The van der Waals surface area contributed by atoms with Crippen LogP contribution >= 0.6 is 15.9 Å². The van der Waals surface area contributed by atoms with Crippen molar-refractivity contribution in [1.82, 2.24) is 4.31 Å². The zero-order chi connectivity index (χ0) is 21.4. The van der Waals surface area contributed by atoms with Gasteiger partial charge in [-0.1, -0.05) is 15.9 Å². The van der Waals surface area contributed by atoms with Gasteiger partial charge in [0.25, 0.3) is 5.91 Å². The van der Waals surface area contributed by atoms with Gasteiger partial charge in [0.1, 0.15) is 0 Å². The molecule has 154 valence electrons. The van der Waals surface area contributed by atoms with Crippen LogP contribution in [-0.2, 0) is 19.9 Å². The summed E-state index contributed by atoms with van der Waals surface area (Å²) in [5.74, 6) is -0.630. The van der Waals surface area contributed by atoms with Crippen LogP contribution in [0.1, 0.15) is 10.4 Å². The summed E-state index contributed by atoms with van der Waals surface area (Å²) >= 11 is 3.34. The molecule has 0 radical (unpaired) electrons. The summed E-state index contributed by atoms with van der Waals surface area (Å²) in [5.41, 5.74) is 0.790. The maximum absolute atomic E-state index is 13.2. The van der Waals surface area contributed by atoms with E-state index in [2.05, 4.69) is 15.9 Å². The minimum Gasteiger partial charge on any atom is -0.300 e. The van der Waals surface area contributed by atoms with E-state index >= 15 is 0 Å². The van der Waals surface area contributed by atoms with Gasteiger partial charge in [0.05, 0.1) is 16.7 Å². The number of nitrogens with zero attached hydrogens (tertiary/aromatic N) is 2. The van der Waals surface area contributed by atoms with Crippen LogP contribution in [0.2, 0.25) is 0 Å². The van der Waals surface area contributed by atoms with E-state index in [1.165, 1.54) is 49.3 Å². The van der Waals surface area contributed by atoms with Crippen LogP contribution in [0.25, 0.3) is 0 Å².